The van der Waals surface area contributed by atoms with Crippen LogP contribution in [-0.4, -0.2) is 24.5 Å². The molecule has 0 aliphatic carbocycles. The molecule has 2 aromatic rings. The van der Waals surface area contributed by atoms with E-state index in [1.165, 1.54) is 21.8 Å². The number of hydrogen-bond donors (Lipinski definition) is 1. The first-order valence-electron chi connectivity index (χ1n) is 5.37. The standard InChI is InChI=1S/C10H14N6O/c1-3-15-9(17)5-4-8(14-15)16-10(7(2)11)12-6-13-16/h4-7H,3,11H2,1-2H3/t7-/m0/s1. The maximum absolute atomic E-state index is 11.4. The van der Waals surface area contributed by atoms with Gasteiger partial charge in [0.25, 0.3) is 5.56 Å². The van der Waals surface area contributed by atoms with Crippen LogP contribution >= 0.6 is 0 Å². The maximum Gasteiger partial charge on any atom is 0.266 e. The van der Waals surface area contributed by atoms with E-state index < -0.39 is 0 Å². The third-order valence-corrected chi connectivity index (χ3v) is 2.35. The summed E-state index contributed by atoms with van der Waals surface area (Å²) in [5, 5.41) is 8.25. The first kappa shape index (κ1) is 11.5. The van der Waals surface area contributed by atoms with Crippen LogP contribution in [-0.2, 0) is 6.54 Å². The van der Waals surface area contributed by atoms with Crippen molar-refractivity contribution in [3.8, 4) is 5.82 Å². The van der Waals surface area contributed by atoms with E-state index in [0.29, 0.717) is 18.2 Å². The Bertz CT molecular complexity index is 570. The summed E-state index contributed by atoms with van der Waals surface area (Å²) >= 11 is 0. The van der Waals surface area contributed by atoms with Gasteiger partial charge in [0, 0.05) is 12.6 Å². The van der Waals surface area contributed by atoms with E-state index >= 15 is 0 Å². The van der Waals surface area contributed by atoms with Gasteiger partial charge in [0.1, 0.15) is 6.33 Å². The Morgan fingerprint density at radius 2 is 2.24 bits per heavy atom. The number of rotatable bonds is 3. The van der Waals surface area contributed by atoms with Gasteiger partial charge in [0.05, 0.1) is 6.04 Å². The summed E-state index contributed by atoms with van der Waals surface area (Å²) in [6.45, 7) is 4.18. The highest BCUT2D eigenvalue weighted by Gasteiger charge is 2.12. The summed E-state index contributed by atoms with van der Waals surface area (Å²) in [7, 11) is 0. The van der Waals surface area contributed by atoms with Crippen molar-refractivity contribution < 1.29 is 0 Å². The van der Waals surface area contributed by atoms with Crippen LogP contribution in [0.15, 0.2) is 23.3 Å². The summed E-state index contributed by atoms with van der Waals surface area (Å²) in [4.78, 5) is 15.5. The second kappa shape index (κ2) is 4.46. The zero-order valence-corrected chi connectivity index (χ0v) is 9.74. The number of nitrogens with zero attached hydrogens (tertiary/aromatic N) is 5. The molecular formula is C10H14N6O. The highest BCUT2D eigenvalue weighted by atomic mass is 16.1. The predicted octanol–water partition coefficient (Wildman–Crippen LogP) is -0.136. The molecule has 2 aromatic heterocycles. The van der Waals surface area contributed by atoms with E-state index in [0.717, 1.165) is 0 Å². The smallest absolute Gasteiger partial charge is 0.266 e. The zero-order chi connectivity index (χ0) is 12.4. The number of nitrogens with two attached hydrogens (primary N) is 1. The van der Waals surface area contributed by atoms with Crippen LogP contribution in [0.3, 0.4) is 0 Å². The van der Waals surface area contributed by atoms with Crippen molar-refractivity contribution in [2.45, 2.75) is 26.4 Å². The molecule has 0 aliphatic rings. The molecule has 0 unspecified atom stereocenters. The van der Waals surface area contributed by atoms with Crippen molar-refractivity contribution in [2.75, 3.05) is 0 Å². The third-order valence-electron chi connectivity index (χ3n) is 2.35. The van der Waals surface area contributed by atoms with Gasteiger partial charge in [0.15, 0.2) is 11.6 Å². The van der Waals surface area contributed by atoms with Gasteiger partial charge < -0.3 is 5.73 Å². The summed E-state index contributed by atoms with van der Waals surface area (Å²) < 4.78 is 2.90. The molecule has 2 rings (SSSR count). The normalized spacial score (nSPS) is 12.6. The molecule has 0 amide bonds. The molecule has 0 radical (unpaired) electrons. The van der Waals surface area contributed by atoms with Crippen molar-refractivity contribution in [3.63, 3.8) is 0 Å². The van der Waals surface area contributed by atoms with Crippen molar-refractivity contribution in [1.82, 2.24) is 24.5 Å². The molecule has 0 saturated heterocycles. The Morgan fingerprint density at radius 1 is 1.47 bits per heavy atom. The Labute approximate surface area is 97.9 Å². The lowest BCUT2D eigenvalue weighted by molar-refractivity contribution is 0.586. The molecule has 1 atom stereocenters. The van der Waals surface area contributed by atoms with Crippen molar-refractivity contribution in [2.24, 2.45) is 5.73 Å². The molecule has 0 spiro atoms. The van der Waals surface area contributed by atoms with Crippen LogP contribution in [0, 0.1) is 0 Å². The van der Waals surface area contributed by atoms with Gasteiger partial charge in [-0.15, -0.1) is 5.10 Å². The van der Waals surface area contributed by atoms with Gasteiger partial charge in [-0.05, 0) is 19.9 Å². The highest BCUT2D eigenvalue weighted by molar-refractivity contribution is 5.20. The molecule has 7 nitrogen and oxygen atoms in total. The van der Waals surface area contributed by atoms with Crippen molar-refractivity contribution in [1.29, 1.82) is 0 Å². The van der Waals surface area contributed by atoms with Gasteiger partial charge in [-0.3, -0.25) is 4.79 Å². The van der Waals surface area contributed by atoms with Crippen LogP contribution in [0.1, 0.15) is 25.7 Å². The summed E-state index contributed by atoms with van der Waals surface area (Å²) in [5.41, 5.74) is 5.64. The molecule has 17 heavy (non-hydrogen) atoms. The lowest BCUT2D eigenvalue weighted by atomic mass is 10.3. The Morgan fingerprint density at radius 3 is 2.88 bits per heavy atom. The molecule has 7 heteroatoms. The molecule has 0 saturated carbocycles. The van der Waals surface area contributed by atoms with Gasteiger partial charge in [-0.1, -0.05) is 0 Å². The van der Waals surface area contributed by atoms with Crippen molar-refractivity contribution in [3.05, 3.63) is 34.6 Å². The summed E-state index contributed by atoms with van der Waals surface area (Å²) in [5.74, 6) is 1.15. The molecule has 0 bridgehead atoms. The minimum absolute atomic E-state index is 0.140. The largest absolute Gasteiger partial charge is 0.322 e. The SMILES string of the molecule is CCn1nc(-n2ncnc2[C@H](C)N)ccc1=O. The van der Waals surface area contributed by atoms with Crippen LogP contribution in [0.5, 0.6) is 0 Å². The predicted molar refractivity (Wildman–Crippen MR) is 61.7 cm³/mol. The Kier molecular flexibility index (Phi) is 3.01. The third kappa shape index (κ3) is 2.09. The first-order valence-corrected chi connectivity index (χ1v) is 5.37. The molecule has 2 N–H and O–H groups in total. The van der Waals surface area contributed by atoms with E-state index in [4.69, 9.17) is 5.73 Å². The second-order valence-electron chi connectivity index (χ2n) is 3.66. The highest BCUT2D eigenvalue weighted by Crippen LogP contribution is 2.09. The molecule has 90 valence electrons. The van der Waals surface area contributed by atoms with E-state index in [9.17, 15) is 4.79 Å². The monoisotopic (exact) mass is 234 g/mol. The van der Waals surface area contributed by atoms with Gasteiger partial charge in [-0.25, -0.2) is 9.67 Å². The molecule has 0 fully saturated rings. The van der Waals surface area contributed by atoms with Crippen LogP contribution in [0.2, 0.25) is 0 Å². The lowest BCUT2D eigenvalue weighted by Gasteiger charge is -2.08. The maximum atomic E-state index is 11.4. The van der Waals surface area contributed by atoms with Crippen LogP contribution < -0.4 is 11.3 Å². The van der Waals surface area contributed by atoms with Crippen LogP contribution in [0.25, 0.3) is 5.82 Å². The minimum Gasteiger partial charge on any atom is -0.322 e. The molecule has 0 aliphatic heterocycles. The lowest BCUT2D eigenvalue weighted by Crippen LogP contribution is -2.23. The number of hydrogen-bond acceptors (Lipinski definition) is 5. The molecule has 2 heterocycles. The number of aryl methyl sites for hydroxylation is 1. The fraction of sp³-hybridized carbons (Fsp3) is 0.400. The Balaban J connectivity index is 2.53. The Hall–Kier alpha value is -2.02. The second-order valence-corrected chi connectivity index (χ2v) is 3.66. The van der Waals surface area contributed by atoms with Gasteiger partial charge in [0.2, 0.25) is 0 Å². The van der Waals surface area contributed by atoms with Gasteiger partial charge in [-0.2, -0.15) is 9.78 Å². The van der Waals surface area contributed by atoms with Gasteiger partial charge >= 0.3 is 0 Å². The topological polar surface area (TPSA) is 91.6 Å². The zero-order valence-electron chi connectivity index (χ0n) is 9.74. The molecular weight excluding hydrogens is 220 g/mol. The van der Waals surface area contributed by atoms with E-state index in [1.807, 2.05) is 13.8 Å². The molecule has 0 aromatic carbocycles. The van der Waals surface area contributed by atoms with Crippen LogP contribution in [0.4, 0.5) is 0 Å². The first-order chi connectivity index (χ1) is 8.13. The fourth-order valence-corrected chi connectivity index (χ4v) is 1.52. The van der Waals surface area contributed by atoms with E-state index in [1.54, 1.807) is 6.07 Å². The van der Waals surface area contributed by atoms with Crippen molar-refractivity contribution >= 4 is 0 Å². The summed E-state index contributed by atoms with van der Waals surface area (Å²) in [6.07, 6.45) is 1.42. The average Bonchev–Trinajstić information content (AvgIpc) is 2.78. The fourth-order valence-electron chi connectivity index (χ4n) is 1.52. The minimum atomic E-state index is -0.249. The average molecular weight is 234 g/mol. The number of aromatic nitrogens is 5. The quantitative estimate of drug-likeness (QED) is 0.798. The van der Waals surface area contributed by atoms with E-state index in [2.05, 4.69) is 15.2 Å². The summed E-state index contributed by atoms with van der Waals surface area (Å²) in [6, 6.07) is 2.81. The van der Waals surface area contributed by atoms with E-state index in [-0.39, 0.29) is 11.6 Å².